The number of carbonyl (C=O) groups is 2. The molecule has 0 bridgehead atoms. The molecule has 0 fully saturated rings. The van der Waals surface area contributed by atoms with Crippen molar-refractivity contribution in [1.29, 1.82) is 0 Å². The molecule has 152 valence electrons. The predicted octanol–water partition coefficient (Wildman–Crippen LogP) is 3.58. The molecule has 0 saturated heterocycles. The van der Waals surface area contributed by atoms with Crippen molar-refractivity contribution in [3.05, 3.63) is 52.7 Å². The molecule has 8 nitrogen and oxygen atoms in total. The van der Waals surface area contributed by atoms with Gasteiger partial charge in [0.05, 0.1) is 20.0 Å². The molecule has 0 aliphatic heterocycles. The number of hydrazine groups is 1. The number of rotatable bonds is 7. The van der Waals surface area contributed by atoms with E-state index in [4.69, 9.17) is 13.9 Å². The Kier molecular flexibility index (Phi) is 6.50. The number of aromatic nitrogens is 1. The number of amides is 2. The van der Waals surface area contributed by atoms with Gasteiger partial charge in [-0.2, -0.15) is 0 Å². The van der Waals surface area contributed by atoms with Gasteiger partial charge in [-0.25, -0.2) is 4.98 Å². The van der Waals surface area contributed by atoms with Gasteiger partial charge in [0.25, 0.3) is 11.8 Å². The summed E-state index contributed by atoms with van der Waals surface area (Å²) in [4.78, 5) is 29.8. The van der Waals surface area contributed by atoms with E-state index in [0.29, 0.717) is 39.3 Å². The van der Waals surface area contributed by atoms with Crippen LogP contribution in [-0.2, 0) is 0 Å². The summed E-state index contributed by atoms with van der Waals surface area (Å²) in [5.41, 5.74) is 5.32. The molecule has 3 aromatic rings. The lowest BCUT2D eigenvalue weighted by atomic mass is 10.2. The minimum atomic E-state index is -0.514. The van der Waals surface area contributed by atoms with Crippen molar-refractivity contribution in [2.24, 2.45) is 0 Å². The number of ether oxygens (including phenoxy) is 2. The summed E-state index contributed by atoms with van der Waals surface area (Å²) in [5.74, 6) is 0.575. The fourth-order valence-electron chi connectivity index (χ4n) is 2.50. The van der Waals surface area contributed by atoms with E-state index in [2.05, 4.69) is 15.8 Å². The fourth-order valence-corrected chi connectivity index (χ4v) is 3.38. The summed E-state index contributed by atoms with van der Waals surface area (Å²) in [7, 11) is 1.50. The number of nitrogens with one attached hydrogen (secondary N) is 2. The van der Waals surface area contributed by atoms with Crippen LogP contribution < -0.4 is 20.3 Å². The third-order valence-corrected chi connectivity index (χ3v) is 4.91. The molecule has 0 spiro atoms. The molecule has 2 amide bonds. The van der Waals surface area contributed by atoms with Gasteiger partial charge in [-0.15, -0.1) is 11.3 Å². The lowest BCUT2D eigenvalue weighted by molar-refractivity contribution is 0.0844. The zero-order chi connectivity index (χ0) is 20.8. The number of aryl methyl sites for hydroxylation is 1. The molecule has 9 heteroatoms. The first-order chi connectivity index (χ1) is 14.0. The summed E-state index contributed by atoms with van der Waals surface area (Å²) in [5, 5.41) is 0.594. The lowest BCUT2D eigenvalue weighted by Gasteiger charge is -2.12. The number of benzene rings is 1. The maximum Gasteiger partial charge on any atom is 0.289 e. The Balaban J connectivity index is 1.65. The van der Waals surface area contributed by atoms with Crippen LogP contribution in [0.5, 0.6) is 11.5 Å². The summed E-state index contributed by atoms with van der Waals surface area (Å²) in [6.45, 7) is 4.32. The highest BCUT2D eigenvalue weighted by atomic mass is 32.1. The fraction of sp³-hybridized carbons (Fsp3) is 0.250. The highest BCUT2D eigenvalue weighted by molar-refractivity contribution is 7.15. The number of furan rings is 1. The second-order valence-electron chi connectivity index (χ2n) is 6.02. The van der Waals surface area contributed by atoms with E-state index >= 15 is 0 Å². The summed E-state index contributed by atoms with van der Waals surface area (Å²) in [6, 6.07) is 8.32. The van der Waals surface area contributed by atoms with Crippen molar-refractivity contribution in [3.8, 4) is 22.3 Å². The maximum absolute atomic E-state index is 12.4. The van der Waals surface area contributed by atoms with Crippen LogP contribution in [0.2, 0.25) is 0 Å². The van der Waals surface area contributed by atoms with Crippen molar-refractivity contribution in [1.82, 2.24) is 15.8 Å². The van der Waals surface area contributed by atoms with Crippen LogP contribution in [0.3, 0.4) is 0 Å². The molecule has 2 aromatic heterocycles. The molecule has 2 heterocycles. The maximum atomic E-state index is 12.4. The van der Waals surface area contributed by atoms with Crippen LogP contribution in [-0.4, -0.2) is 30.5 Å². The van der Waals surface area contributed by atoms with E-state index in [1.165, 1.54) is 18.4 Å². The average Bonchev–Trinajstić information content (AvgIpc) is 3.39. The molecule has 0 aliphatic carbocycles. The quantitative estimate of drug-likeness (QED) is 0.572. The topological polar surface area (TPSA) is 103 Å². The van der Waals surface area contributed by atoms with Gasteiger partial charge in [0, 0.05) is 10.4 Å². The zero-order valence-corrected chi connectivity index (χ0v) is 17.1. The number of methoxy groups -OCH3 is 1. The number of carbonyl (C=O) groups excluding carboxylic acids is 2. The number of hydrogen-bond acceptors (Lipinski definition) is 7. The first-order valence-electron chi connectivity index (χ1n) is 8.96. The Morgan fingerprint density at radius 3 is 2.66 bits per heavy atom. The Morgan fingerprint density at radius 2 is 1.97 bits per heavy atom. The highest BCUT2D eigenvalue weighted by Crippen LogP contribution is 2.29. The number of hydrogen-bond donors (Lipinski definition) is 2. The van der Waals surface area contributed by atoms with Crippen LogP contribution in [0.25, 0.3) is 10.8 Å². The van der Waals surface area contributed by atoms with Gasteiger partial charge in [-0.05, 0) is 43.7 Å². The molecular formula is C20H21N3O5S. The van der Waals surface area contributed by atoms with Gasteiger partial charge in [0.15, 0.2) is 22.3 Å². The van der Waals surface area contributed by atoms with Gasteiger partial charge < -0.3 is 13.9 Å². The molecule has 0 atom stereocenters. The molecule has 29 heavy (non-hydrogen) atoms. The summed E-state index contributed by atoms with van der Waals surface area (Å²) >= 11 is 1.34. The van der Waals surface area contributed by atoms with Crippen molar-refractivity contribution in [2.75, 3.05) is 13.7 Å². The Hall–Kier alpha value is -3.33. The van der Waals surface area contributed by atoms with Crippen LogP contribution in [0.1, 0.15) is 39.1 Å². The van der Waals surface area contributed by atoms with E-state index < -0.39 is 11.8 Å². The normalized spacial score (nSPS) is 10.4. The molecule has 3 rings (SSSR count). The Bertz CT molecular complexity index is 998. The summed E-state index contributed by atoms with van der Waals surface area (Å²) in [6.07, 6.45) is 2.40. The minimum absolute atomic E-state index is 0.225. The number of nitrogens with zero attached hydrogens (tertiary/aromatic N) is 1. The van der Waals surface area contributed by atoms with Gasteiger partial charge in [0.2, 0.25) is 0 Å². The smallest absolute Gasteiger partial charge is 0.289 e. The van der Waals surface area contributed by atoms with E-state index in [-0.39, 0.29) is 5.69 Å². The van der Waals surface area contributed by atoms with Gasteiger partial charge in [-0.3, -0.25) is 20.4 Å². The third-order valence-electron chi connectivity index (χ3n) is 3.92. The van der Waals surface area contributed by atoms with Gasteiger partial charge in [0.1, 0.15) is 5.69 Å². The van der Waals surface area contributed by atoms with Crippen LogP contribution >= 0.6 is 11.3 Å². The van der Waals surface area contributed by atoms with E-state index in [0.717, 1.165) is 6.42 Å². The largest absolute Gasteiger partial charge is 0.493 e. The third kappa shape index (κ3) is 4.75. The van der Waals surface area contributed by atoms with E-state index in [1.54, 1.807) is 43.5 Å². The van der Waals surface area contributed by atoms with Gasteiger partial charge >= 0.3 is 0 Å². The van der Waals surface area contributed by atoms with Crippen molar-refractivity contribution in [2.45, 2.75) is 20.3 Å². The molecule has 0 aliphatic rings. The standard InChI is InChI=1S/C20H21N3O5S/c1-4-9-27-14-8-7-13(11-16(14)26-3)18(24)22-23-19(25)17-12(2)29-20(21-17)15-6-5-10-28-15/h5-8,10-11H,4,9H2,1-3H3,(H,22,24)(H,23,25). The first-order valence-corrected chi connectivity index (χ1v) is 9.78. The van der Waals surface area contributed by atoms with Crippen LogP contribution in [0.15, 0.2) is 41.0 Å². The van der Waals surface area contributed by atoms with Crippen molar-refractivity contribution < 1.29 is 23.5 Å². The predicted molar refractivity (Wildman–Crippen MR) is 108 cm³/mol. The molecule has 1 aromatic carbocycles. The molecule has 2 N–H and O–H groups in total. The average molecular weight is 415 g/mol. The zero-order valence-electron chi connectivity index (χ0n) is 16.3. The van der Waals surface area contributed by atoms with E-state index in [9.17, 15) is 9.59 Å². The molecule has 0 saturated carbocycles. The van der Waals surface area contributed by atoms with Crippen molar-refractivity contribution in [3.63, 3.8) is 0 Å². The Labute approximate surface area is 171 Å². The second-order valence-corrected chi connectivity index (χ2v) is 7.23. The summed E-state index contributed by atoms with van der Waals surface area (Å²) < 4.78 is 16.1. The Morgan fingerprint density at radius 1 is 1.17 bits per heavy atom. The monoisotopic (exact) mass is 415 g/mol. The van der Waals surface area contributed by atoms with Gasteiger partial charge in [-0.1, -0.05) is 6.92 Å². The van der Waals surface area contributed by atoms with Crippen molar-refractivity contribution >= 4 is 23.2 Å². The SMILES string of the molecule is CCCOc1ccc(C(=O)NNC(=O)c2nc(-c3ccco3)sc2C)cc1OC. The minimum Gasteiger partial charge on any atom is -0.493 e. The van der Waals surface area contributed by atoms with Crippen LogP contribution in [0, 0.1) is 6.92 Å². The first kappa shape index (κ1) is 20.4. The lowest BCUT2D eigenvalue weighted by Crippen LogP contribution is -2.42. The van der Waals surface area contributed by atoms with Crippen LogP contribution in [0.4, 0.5) is 0 Å². The molecule has 0 unspecified atom stereocenters. The van der Waals surface area contributed by atoms with E-state index in [1.807, 2.05) is 6.92 Å². The molecular weight excluding hydrogens is 394 g/mol. The second kappa shape index (κ2) is 9.24. The molecule has 0 radical (unpaired) electrons. The number of thiazole rings is 1. The highest BCUT2D eigenvalue weighted by Gasteiger charge is 2.19.